The second-order valence-corrected chi connectivity index (χ2v) is 7.15. The minimum absolute atomic E-state index is 0.258. The van der Waals surface area contributed by atoms with Crippen molar-refractivity contribution in [2.45, 2.75) is 0 Å². The van der Waals surface area contributed by atoms with Gasteiger partial charge in [-0.05, 0) is 24.3 Å². The van der Waals surface area contributed by atoms with Crippen molar-refractivity contribution in [1.82, 2.24) is 19.4 Å². The number of carboxylic acid groups (broad SMARTS) is 1. The highest BCUT2D eigenvalue weighted by Crippen LogP contribution is 2.26. The summed E-state index contributed by atoms with van der Waals surface area (Å²) in [6.45, 7) is 3.33. The molecule has 150 valence electrons. The van der Waals surface area contributed by atoms with E-state index in [1.807, 2.05) is 41.2 Å². The van der Waals surface area contributed by atoms with Crippen LogP contribution in [0, 0.1) is 0 Å². The first-order chi connectivity index (χ1) is 14.7. The average molecular weight is 400 g/mol. The Labute approximate surface area is 173 Å². The van der Waals surface area contributed by atoms with Gasteiger partial charge in [-0.25, -0.2) is 19.7 Å². The van der Waals surface area contributed by atoms with Crippen molar-refractivity contribution in [1.29, 1.82) is 0 Å². The van der Waals surface area contributed by atoms with Gasteiger partial charge in [-0.1, -0.05) is 18.2 Å². The molecule has 5 rings (SSSR count). The molecule has 0 aliphatic carbocycles. The summed E-state index contributed by atoms with van der Waals surface area (Å²) in [5.74, 6) is 0.884. The summed E-state index contributed by atoms with van der Waals surface area (Å²) in [5, 5.41) is 9.13. The molecule has 1 N–H and O–H groups in total. The molecule has 1 aliphatic heterocycles. The molecule has 0 unspecified atom stereocenters. The molecular weight excluding hydrogens is 380 g/mol. The number of benzene rings is 1. The van der Waals surface area contributed by atoms with Gasteiger partial charge in [-0.15, -0.1) is 0 Å². The highest BCUT2D eigenvalue weighted by atomic mass is 16.4. The Morgan fingerprint density at radius 1 is 0.900 bits per heavy atom. The van der Waals surface area contributed by atoms with Gasteiger partial charge in [0, 0.05) is 56.5 Å². The highest BCUT2D eigenvalue weighted by molar-refractivity contribution is 5.88. The lowest BCUT2D eigenvalue weighted by molar-refractivity contribution is 0.0697. The van der Waals surface area contributed by atoms with Crippen LogP contribution in [0.3, 0.4) is 0 Å². The molecule has 0 atom stereocenters. The van der Waals surface area contributed by atoms with Gasteiger partial charge < -0.3 is 19.3 Å². The molecule has 30 heavy (non-hydrogen) atoms. The molecule has 4 heterocycles. The van der Waals surface area contributed by atoms with Crippen molar-refractivity contribution < 1.29 is 9.90 Å². The van der Waals surface area contributed by atoms with Crippen LogP contribution in [0.1, 0.15) is 10.4 Å². The van der Waals surface area contributed by atoms with Crippen LogP contribution < -0.4 is 9.80 Å². The summed E-state index contributed by atoms with van der Waals surface area (Å²) in [5.41, 5.74) is 2.71. The zero-order valence-corrected chi connectivity index (χ0v) is 16.2. The summed E-state index contributed by atoms with van der Waals surface area (Å²) in [7, 11) is 0. The fraction of sp³-hybridized carbons (Fsp3) is 0.182. The number of aromatic nitrogens is 4. The van der Waals surface area contributed by atoms with E-state index in [9.17, 15) is 4.79 Å². The molecule has 1 fully saturated rings. The quantitative estimate of drug-likeness (QED) is 0.564. The van der Waals surface area contributed by atoms with Gasteiger partial charge in [0.05, 0.1) is 11.3 Å². The molecule has 8 nitrogen and oxygen atoms in total. The van der Waals surface area contributed by atoms with Crippen LogP contribution in [0.2, 0.25) is 0 Å². The number of hydrogen-bond acceptors (Lipinski definition) is 6. The second kappa shape index (κ2) is 7.47. The van der Waals surface area contributed by atoms with E-state index < -0.39 is 5.97 Å². The predicted molar refractivity (Wildman–Crippen MR) is 114 cm³/mol. The number of hydrogen-bond donors (Lipinski definition) is 1. The molecule has 0 amide bonds. The van der Waals surface area contributed by atoms with Gasteiger partial charge in [0.1, 0.15) is 5.82 Å². The number of piperazine rings is 1. The fourth-order valence-corrected chi connectivity index (χ4v) is 3.74. The Bertz CT molecular complexity index is 1180. The molecule has 3 aromatic heterocycles. The third-order valence-corrected chi connectivity index (χ3v) is 5.34. The lowest BCUT2D eigenvalue weighted by Gasteiger charge is -2.36. The summed E-state index contributed by atoms with van der Waals surface area (Å²) in [6, 6.07) is 12.7. The number of carboxylic acids is 1. The average Bonchev–Trinajstić information content (AvgIpc) is 3.28. The van der Waals surface area contributed by atoms with Gasteiger partial charge in [0.25, 0.3) is 0 Å². The van der Waals surface area contributed by atoms with Crippen molar-refractivity contribution in [3.05, 3.63) is 72.8 Å². The topological polar surface area (TPSA) is 86.9 Å². The largest absolute Gasteiger partial charge is 0.478 e. The zero-order chi connectivity index (χ0) is 20.5. The summed E-state index contributed by atoms with van der Waals surface area (Å²) < 4.78 is 1.97. The van der Waals surface area contributed by atoms with E-state index in [1.54, 1.807) is 30.5 Å². The van der Waals surface area contributed by atoms with Crippen molar-refractivity contribution in [3.63, 3.8) is 0 Å². The van der Waals surface area contributed by atoms with Gasteiger partial charge in [0.2, 0.25) is 0 Å². The number of anilines is 2. The van der Waals surface area contributed by atoms with E-state index in [1.165, 1.54) is 0 Å². The molecule has 0 spiro atoms. The number of nitrogens with zero attached hydrogens (tertiary/aromatic N) is 6. The van der Waals surface area contributed by atoms with Crippen LogP contribution in [-0.4, -0.2) is 56.6 Å². The van der Waals surface area contributed by atoms with Gasteiger partial charge in [-0.2, -0.15) is 0 Å². The van der Waals surface area contributed by atoms with Gasteiger partial charge in [0.15, 0.2) is 11.5 Å². The molecule has 4 aromatic rings. The minimum Gasteiger partial charge on any atom is -0.478 e. The van der Waals surface area contributed by atoms with Gasteiger partial charge in [-0.3, -0.25) is 0 Å². The standard InChI is InChI=1S/C22H20N6O2/c29-22(30)17-6-4-16(5-7-17)18-15-28-10-9-24-20(28)21(25-18)27-13-11-26(12-14-27)19-3-1-2-8-23-19/h1-10,15H,11-14H2,(H,29,30). The molecular formula is C22H20N6O2. The Morgan fingerprint density at radius 2 is 1.67 bits per heavy atom. The van der Waals surface area contributed by atoms with Crippen LogP contribution in [0.15, 0.2) is 67.3 Å². The summed E-state index contributed by atoms with van der Waals surface area (Å²) >= 11 is 0. The lowest BCUT2D eigenvalue weighted by Crippen LogP contribution is -2.47. The highest BCUT2D eigenvalue weighted by Gasteiger charge is 2.22. The predicted octanol–water partition coefficient (Wildman–Crippen LogP) is 2.82. The fourth-order valence-electron chi connectivity index (χ4n) is 3.74. The number of carbonyl (C=O) groups is 1. The molecule has 0 bridgehead atoms. The second-order valence-electron chi connectivity index (χ2n) is 7.15. The first kappa shape index (κ1) is 18.1. The van der Waals surface area contributed by atoms with Crippen molar-refractivity contribution in [2.75, 3.05) is 36.0 Å². The van der Waals surface area contributed by atoms with Crippen LogP contribution >= 0.6 is 0 Å². The number of rotatable bonds is 4. The molecule has 0 radical (unpaired) electrons. The van der Waals surface area contributed by atoms with Crippen LogP contribution in [-0.2, 0) is 0 Å². The molecule has 1 aliphatic rings. The molecule has 8 heteroatoms. The van der Waals surface area contributed by atoms with Crippen molar-refractivity contribution >= 4 is 23.3 Å². The van der Waals surface area contributed by atoms with Crippen LogP contribution in [0.4, 0.5) is 11.6 Å². The SMILES string of the molecule is O=C(O)c1ccc(-c2cn3ccnc3c(N3CCN(c4ccccn4)CC3)n2)cc1. The third kappa shape index (κ3) is 3.32. The van der Waals surface area contributed by atoms with E-state index >= 15 is 0 Å². The smallest absolute Gasteiger partial charge is 0.335 e. The maximum absolute atomic E-state index is 11.1. The van der Waals surface area contributed by atoms with E-state index in [-0.39, 0.29) is 5.56 Å². The number of imidazole rings is 1. The van der Waals surface area contributed by atoms with E-state index in [4.69, 9.17) is 10.1 Å². The molecule has 1 saturated heterocycles. The van der Waals surface area contributed by atoms with Crippen LogP contribution in [0.5, 0.6) is 0 Å². The Morgan fingerprint density at radius 3 is 2.37 bits per heavy atom. The van der Waals surface area contributed by atoms with Gasteiger partial charge >= 0.3 is 5.97 Å². The van der Waals surface area contributed by atoms with E-state index in [0.29, 0.717) is 0 Å². The van der Waals surface area contributed by atoms with Crippen molar-refractivity contribution in [2.24, 2.45) is 0 Å². The molecule has 1 aromatic carbocycles. The lowest BCUT2D eigenvalue weighted by atomic mass is 10.1. The normalized spacial score (nSPS) is 14.3. The van der Waals surface area contributed by atoms with Crippen molar-refractivity contribution in [3.8, 4) is 11.3 Å². The molecule has 0 saturated carbocycles. The first-order valence-corrected chi connectivity index (χ1v) is 9.77. The zero-order valence-electron chi connectivity index (χ0n) is 16.2. The first-order valence-electron chi connectivity index (χ1n) is 9.77. The Balaban J connectivity index is 1.44. The van der Waals surface area contributed by atoms with Crippen LogP contribution in [0.25, 0.3) is 16.9 Å². The summed E-state index contributed by atoms with van der Waals surface area (Å²) in [6.07, 6.45) is 7.41. The van der Waals surface area contributed by atoms with E-state index in [2.05, 4.69) is 19.8 Å². The minimum atomic E-state index is -0.939. The maximum Gasteiger partial charge on any atom is 0.335 e. The summed E-state index contributed by atoms with van der Waals surface area (Å²) in [4.78, 5) is 29.5. The Hall–Kier alpha value is -3.94. The monoisotopic (exact) mass is 400 g/mol. The van der Waals surface area contributed by atoms with E-state index in [0.717, 1.165) is 54.7 Å². The Kier molecular flexibility index (Phi) is 4.51. The number of fused-ring (bicyclic) bond motifs is 1. The third-order valence-electron chi connectivity index (χ3n) is 5.34. The number of pyridine rings is 1. The maximum atomic E-state index is 11.1. The number of aromatic carboxylic acids is 1.